The van der Waals surface area contributed by atoms with E-state index in [9.17, 15) is 9.59 Å². The Kier molecular flexibility index (Phi) is 3.91. The predicted molar refractivity (Wildman–Crippen MR) is 66.1 cm³/mol. The Morgan fingerprint density at radius 3 is 2.56 bits per heavy atom. The maximum absolute atomic E-state index is 12.1. The summed E-state index contributed by atoms with van der Waals surface area (Å²) in [4.78, 5) is 24.8. The Balaban J connectivity index is 1.97. The molecule has 0 unspecified atom stereocenters. The largest absolute Gasteiger partial charge is 0.455 e. The molecule has 0 spiro atoms. The summed E-state index contributed by atoms with van der Waals surface area (Å²) in [5.74, 6) is 0.551. The molecule has 18 heavy (non-hydrogen) atoms. The van der Waals surface area contributed by atoms with E-state index < -0.39 is 0 Å². The van der Waals surface area contributed by atoms with Crippen molar-refractivity contribution in [2.75, 3.05) is 13.1 Å². The molecule has 1 saturated heterocycles. The Hall–Kier alpha value is -1.49. The Morgan fingerprint density at radius 2 is 2.06 bits per heavy atom. The summed E-state index contributed by atoms with van der Waals surface area (Å²) < 4.78 is 5.31. The molecule has 1 aliphatic heterocycles. The molecule has 0 bridgehead atoms. The highest BCUT2D eigenvalue weighted by Gasteiger charge is 2.27. The predicted octanol–water partition coefficient (Wildman–Crippen LogP) is 1.36. The van der Waals surface area contributed by atoms with Gasteiger partial charge in [-0.05, 0) is 25.0 Å². The highest BCUT2D eigenvalue weighted by Crippen LogP contribution is 2.20. The summed E-state index contributed by atoms with van der Waals surface area (Å²) in [6.45, 7) is 1.06. The van der Waals surface area contributed by atoms with Gasteiger partial charge in [0, 0.05) is 19.0 Å². The van der Waals surface area contributed by atoms with Crippen LogP contribution < -0.4 is 5.73 Å². The minimum atomic E-state index is -0.287. The molecular formula is C12H15ClN2O3. The second kappa shape index (κ2) is 5.44. The number of carbonyl (C=O) groups excluding carboxylic acids is 2. The lowest BCUT2D eigenvalue weighted by molar-refractivity contribution is -0.123. The molecule has 0 atom stereocenters. The highest BCUT2D eigenvalue weighted by atomic mass is 35.5. The van der Waals surface area contributed by atoms with Gasteiger partial charge in [-0.1, -0.05) is 0 Å². The third-order valence-electron chi connectivity index (χ3n) is 3.19. The van der Waals surface area contributed by atoms with Crippen molar-refractivity contribution in [3.05, 3.63) is 23.7 Å². The van der Waals surface area contributed by atoms with Crippen LogP contribution in [0.25, 0.3) is 0 Å². The zero-order valence-corrected chi connectivity index (χ0v) is 10.7. The summed E-state index contributed by atoms with van der Waals surface area (Å²) in [6.07, 6.45) is 1.23. The van der Waals surface area contributed by atoms with E-state index in [1.54, 1.807) is 17.0 Å². The number of alkyl halides is 1. The number of carbonyl (C=O) groups is 2. The summed E-state index contributed by atoms with van der Waals surface area (Å²) in [6, 6.07) is 3.32. The van der Waals surface area contributed by atoms with Crippen LogP contribution in [0.3, 0.4) is 0 Å². The molecule has 0 radical (unpaired) electrons. The molecule has 98 valence electrons. The molecule has 5 nitrogen and oxygen atoms in total. The van der Waals surface area contributed by atoms with Crippen molar-refractivity contribution in [3.63, 3.8) is 0 Å². The first kappa shape index (κ1) is 13.0. The number of amides is 2. The highest BCUT2D eigenvalue weighted by molar-refractivity contribution is 6.16. The van der Waals surface area contributed by atoms with Crippen molar-refractivity contribution in [2.45, 2.75) is 18.7 Å². The lowest BCUT2D eigenvalue weighted by Crippen LogP contribution is -2.41. The standard InChI is InChI=1S/C12H15ClN2O3/c13-7-9-1-2-10(18-9)12(17)15-5-3-8(4-6-15)11(14)16/h1-2,8H,3-7H2,(H2,14,16). The molecule has 2 amide bonds. The average Bonchev–Trinajstić information content (AvgIpc) is 2.86. The van der Waals surface area contributed by atoms with Crippen molar-refractivity contribution < 1.29 is 14.0 Å². The Bertz CT molecular complexity index is 450. The number of primary amides is 1. The van der Waals surface area contributed by atoms with Crippen LogP contribution in [-0.4, -0.2) is 29.8 Å². The van der Waals surface area contributed by atoms with Gasteiger partial charge in [0.15, 0.2) is 5.76 Å². The molecule has 1 fully saturated rings. The van der Waals surface area contributed by atoms with Crippen molar-refractivity contribution in [1.29, 1.82) is 0 Å². The van der Waals surface area contributed by atoms with Gasteiger partial charge < -0.3 is 15.1 Å². The van der Waals surface area contributed by atoms with Crippen molar-refractivity contribution in [2.24, 2.45) is 11.7 Å². The topological polar surface area (TPSA) is 76.5 Å². The Morgan fingerprint density at radius 1 is 1.39 bits per heavy atom. The normalized spacial score (nSPS) is 16.8. The average molecular weight is 271 g/mol. The maximum atomic E-state index is 12.1. The van der Waals surface area contributed by atoms with E-state index in [4.69, 9.17) is 21.8 Å². The first-order chi connectivity index (χ1) is 8.61. The fourth-order valence-corrected chi connectivity index (χ4v) is 2.23. The minimum absolute atomic E-state index is 0.121. The lowest BCUT2D eigenvalue weighted by Gasteiger charge is -2.29. The lowest BCUT2D eigenvalue weighted by atomic mass is 9.96. The molecular weight excluding hydrogens is 256 g/mol. The zero-order chi connectivity index (χ0) is 13.1. The number of rotatable bonds is 3. The molecule has 0 aromatic carbocycles. The van der Waals surface area contributed by atoms with E-state index >= 15 is 0 Å². The fraction of sp³-hybridized carbons (Fsp3) is 0.500. The van der Waals surface area contributed by atoms with Gasteiger partial charge >= 0.3 is 0 Å². The van der Waals surface area contributed by atoms with E-state index in [-0.39, 0.29) is 23.6 Å². The van der Waals surface area contributed by atoms with Gasteiger partial charge in [0.05, 0.1) is 5.88 Å². The van der Waals surface area contributed by atoms with Crippen LogP contribution in [0, 0.1) is 5.92 Å². The number of piperidine rings is 1. The molecule has 2 rings (SSSR count). The van der Waals surface area contributed by atoms with Gasteiger partial charge in [0.1, 0.15) is 5.76 Å². The molecule has 0 aliphatic carbocycles. The third kappa shape index (κ3) is 2.67. The number of hydrogen-bond donors (Lipinski definition) is 1. The van der Waals surface area contributed by atoms with Crippen molar-refractivity contribution in [3.8, 4) is 0 Å². The second-order valence-electron chi connectivity index (χ2n) is 4.37. The van der Waals surface area contributed by atoms with Gasteiger partial charge in [-0.3, -0.25) is 9.59 Å². The smallest absolute Gasteiger partial charge is 0.289 e. The first-order valence-corrected chi connectivity index (χ1v) is 6.38. The van der Waals surface area contributed by atoms with Crippen LogP contribution in [0.1, 0.15) is 29.2 Å². The van der Waals surface area contributed by atoms with Crippen LogP contribution >= 0.6 is 11.6 Å². The summed E-state index contributed by atoms with van der Waals surface area (Å²) in [5.41, 5.74) is 5.25. The maximum Gasteiger partial charge on any atom is 0.289 e. The quantitative estimate of drug-likeness (QED) is 0.843. The number of hydrogen-bond acceptors (Lipinski definition) is 3. The van der Waals surface area contributed by atoms with E-state index in [1.807, 2.05) is 0 Å². The van der Waals surface area contributed by atoms with E-state index in [1.165, 1.54) is 0 Å². The summed E-state index contributed by atoms with van der Waals surface area (Å²) >= 11 is 5.61. The van der Waals surface area contributed by atoms with Crippen molar-refractivity contribution in [1.82, 2.24) is 4.90 Å². The van der Waals surface area contributed by atoms with Crippen LogP contribution in [0.15, 0.2) is 16.5 Å². The minimum Gasteiger partial charge on any atom is -0.455 e. The number of likely N-dealkylation sites (tertiary alicyclic amines) is 1. The van der Waals surface area contributed by atoms with Gasteiger partial charge in [-0.15, -0.1) is 11.6 Å². The molecule has 2 heterocycles. The molecule has 1 aliphatic rings. The van der Waals surface area contributed by atoms with E-state index in [2.05, 4.69) is 0 Å². The Labute approximate surface area is 110 Å². The van der Waals surface area contributed by atoms with Gasteiger partial charge in [0.25, 0.3) is 5.91 Å². The van der Waals surface area contributed by atoms with E-state index in [0.29, 0.717) is 37.5 Å². The second-order valence-corrected chi connectivity index (χ2v) is 4.64. The fourth-order valence-electron chi connectivity index (χ4n) is 2.09. The molecule has 6 heteroatoms. The first-order valence-electron chi connectivity index (χ1n) is 5.85. The molecule has 0 saturated carbocycles. The van der Waals surface area contributed by atoms with Crippen molar-refractivity contribution >= 4 is 23.4 Å². The van der Waals surface area contributed by atoms with Gasteiger partial charge in [0.2, 0.25) is 5.91 Å². The number of halogens is 1. The monoisotopic (exact) mass is 270 g/mol. The molecule has 1 aromatic rings. The number of nitrogens with zero attached hydrogens (tertiary/aromatic N) is 1. The van der Waals surface area contributed by atoms with Crippen LogP contribution in [0.4, 0.5) is 0 Å². The zero-order valence-electron chi connectivity index (χ0n) is 9.89. The SMILES string of the molecule is NC(=O)C1CCN(C(=O)c2ccc(CCl)o2)CC1. The van der Waals surface area contributed by atoms with Gasteiger partial charge in [-0.2, -0.15) is 0 Å². The van der Waals surface area contributed by atoms with Crippen LogP contribution in [0.2, 0.25) is 0 Å². The molecule has 2 N–H and O–H groups in total. The third-order valence-corrected chi connectivity index (χ3v) is 3.45. The number of furan rings is 1. The van der Waals surface area contributed by atoms with Crippen LogP contribution in [-0.2, 0) is 10.7 Å². The van der Waals surface area contributed by atoms with E-state index in [0.717, 1.165) is 0 Å². The summed E-state index contributed by atoms with van der Waals surface area (Å²) in [5, 5.41) is 0. The molecule has 1 aromatic heterocycles. The van der Waals surface area contributed by atoms with Gasteiger partial charge in [-0.25, -0.2) is 0 Å². The number of nitrogens with two attached hydrogens (primary N) is 1. The van der Waals surface area contributed by atoms with Crippen LogP contribution in [0.5, 0.6) is 0 Å². The summed E-state index contributed by atoms with van der Waals surface area (Å²) in [7, 11) is 0.